The third-order valence-corrected chi connectivity index (χ3v) is 4.25. The highest BCUT2D eigenvalue weighted by Crippen LogP contribution is 2.23. The number of rotatable bonds is 3. The van der Waals surface area contributed by atoms with Crippen LogP contribution >= 0.6 is 11.6 Å². The molecule has 118 valence electrons. The molecule has 0 aliphatic carbocycles. The lowest BCUT2D eigenvalue weighted by atomic mass is 10.00. The molecule has 0 radical (unpaired) electrons. The van der Waals surface area contributed by atoms with Gasteiger partial charge in [-0.05, 0) is 42.3 Å². The Bertz CT molecular complexity index is 739. The molecule has 1 atom stereocenters. The van der Waals surface area contributed by atoms with E-state index >= 15 is 0 Å². The molecular formula is C18H17ClN2O2. The zero-order valence-electron chi connectivity index (χ0n) is 12.7. The first-order chi connectivity index (χ1) is 11.0. The number of phenols is 1. The molecule has 2 aromatic rings. The summed E-state index contributed by atoms with van der Waals surface area (Å²) in [6.07, 6.45) is 0.732. The minimum Gasteiger partial charge on any atom is -0.508 e. The highest BCUT2D eigenvalue weighted by molar-refractivity contribution is 6.30. The Kier molecular flexibility index (Phi) is 4.35. The SMILES string of the molecule is CC(C(=O)N1CCC(c2ccc(Cl)cc2)=N1)c1ccc(O)cc1. The first-order valence-electron chi connectivity index (χ1n) is 7.48. The normalized spacial score (nSPS) is 15.4. The summed E-state index contributed by atoms with van der Waals surface area (Å²) in [5.74, 6) is -0.152. The number of hydrogen-bond acceptors (Lipinski definition) is 3. The van der Waals surface area contributed by atoms with Gasteiger partial charge in [0, 0.05) is 11.4 Å². The van der Waals surface area contributed by atoms with Gasteiger partial charge in [-0.2, -0.15) is 5.10 Å². The van der Waals surface area contributed by atoms with Crippen molar-refractivity contribution in [3.05, 3.63) is 64.7 Å². The largest absolute Gasteiger partial charge is 0.508 e. The lowest BCUT2D eigenvalue weighted by Gasteiger charge is -2.17. The van der Waals surface area contributed by atoms with Gasteiger partial charge in [0.15, 0.2) is 0 Å². The maximum atomic E-state index is 12.6. The molecule has 0 fully saturated rings. The zero-order valence-corrected chi connectivity index (χ0v) is 13.5. The van der Waals surface area contributed by atoms with E-state index in [1.165, 1.54) is 5.01 Å². The van der Waals surface area contributed by atoms with Crippen molar-refractivity contribution >= 4 is 23.2 Å². The van der Waals surface area contributed by atoms with Crippen molar-refractivity contribution in [3.63, 3.8) is 0 Å². The lowest BCUT2D eigenvalue weighted by molar-refractivity contribution is -0.131. The van der Waals surface area contributed by atoms with Gasteiger partial charge < -0.3 is 5.11 Å². The highest BCUT2D eigenvalue weighted by Gasteiger charge is 2.26. The number of hydrogen-bond donors (Lipinski definition) is 1. The minimum absolute atomic E-state index is 0.0420. The summed E-state index contributed by atoms with van der Waals surface area (Å²) < 4.78 is 0. The van der Waals surface area contributed by atoms with E-state index in [1.807, 2.05) is 31.2 Å². The van der Waals surface area contributed by atoms with Crippen LogP contribution in [0.2, 0.25) is 5.02 Å². The van der Waals surface area contributed by atoms with Gasteiger partial charge in [-0.3, -0.25) is 4.79 Å². The molecule has 0 saturated heterocycles. The van der Waals surface area contributed by atoms with Crippen LogP contribution in [-0.2, 0) is 4.79 Å². The van der Waals surface area contributed by atoms with E-state index < -0.39 is 0 Å². The van der Waals surface area contributed by atoms with E-state index in [2.05, 4.69) is 5.10 Å². The third-order valence-electron chi connectivity index (χ3n) is 4.00. The topological polar surface area (TPSA) is 52.9 Å². The summed E-state index contributed by atoms with van der Waals surface area (Å²) in [7, 11) is 0. The zero-order chi connectivity index (χ0) is 16.4. The van der Waals surface area contributed by atoms with Crippen molar-refractivity contribution in [1.29, 1.82) is 0 Å². The Morgan fingerprint density at radius 3 is 2.48 bits per heavy atom. The van der Waals surface area contributed by atoms with E-state index in [-0.39, 0.29) is 17.6 Å². The van der Waals surface area contributed by atoms with Crippen LogP contribution in [0.3, 0.4) is 0 Å². The molecule has 1 unspecified atom stereocenters. The van der Waals surface area contributed by atoms with Gasteiger partial charge in [0.1, 0.15) is 5.75 Å². The maximum absolute atomic E-state index is 12.6. The van der Waals surface area contributed by atoms with E-state index in [4.69, 9.17) is 11.6 Å². The van der Waals surface area contributed by atoms with Crippen molar-refractivity contribution in [3.8, 4) is 5.75 Å². The van der Waals surface area contributed by atoms with Crippen LogP contribution in [0.4, 0.5) is 0 Å². The van der Waals surface area contributed by atoms with Gasteiger partial charge in [-0.25, -0.2) is 5.01 Å². The highest BCUT2D eigenvalue weighted by atomic mass is 35.5. The molecule has 3 rings (SSSR count). The Labute approximate surface area is 140 Å². The van der Waals surface area contributed by atoms with Crippen LogP contribution in [0, 0.1) is 0 Å². The Hall–Kier alpha value is -2.33. The average Bonchev–Trinajstić information content (AvgIpc) is 3.05. The van der Waals surface area contributed by atoms with Crippen molar-refractivity contribution in [1.82, 2.24) is 5.01 Å². The molecule has 1 aliphatic heterocycles. The summed E-state index contributed by atoms with van der Waals surface area (Å²) in [6.45, 7) is 2.43. The van der Waals surface area contributed by atoms with Crippen molar-refractivity contribution in [2.75, 3.05) is 6.54 Å². The predicted molar refractivity (Wildman–Crippen MR) is 90.8 cm³/mol. The molecule has 1 N–H and O–H groups in total. The molecule has 0 aromatic heterocycles. The number of hydrazone groups is 1. The first kappa shape index (κ1) is 15.6. The number of benzene rings is 2. The second-order valence-corrected chi connectivity index (χ2v) is 6.01. The Morgan fingerprint density at radius 1 is 1.17 bits per heavy atom. The van der Waals surface area contributed by atoms with Crippen molar-refractivity contribution < 1.29 is 9.90 Å². The standard InChI is InChI=1S/C18H17ClN2O2/c1-12(13-4-8-16(22)9-5-13)18(23)21-11-10-17(20-21)14-2-6-15(19)7-3-14/h2-9,12,22H,10-11H2,1H3. The number of amides is 1. The fourth-order valence-electron chi connectivity index (χ4n) is 2.59. The second kappa shape index (κ2) is 6.42. The molecule has 1 heterocycles. The van der Waals surface area contributed by atoms with Crippen molar-refractivity contribution in [2.24, 2.45) is 5.10 Å². The van der Waals surface area contributed by atoms with Gasteiger partial charge in [0.2, 0.25) is 5.91 Å². The molecule has 0 spiro atoms. The quantitative estimate of drug-likeness (QED) is 0.932. The van der Waals surface area contributed by atoms with Crippen LogP contribution in [0.15, 0.2) is 53.6 Å². The molecule has 2 aromatic carbocycles. The molecule has 1 amide bonds. The number of carbonyl (C=O) groups is 1. The molecule has 0 saturated carbocycles. The average molecular weight is 329 g/mol. The monoisotopic (exact) mass is 328 g/mol. The molecule has 5 heteroatoms. The van der Waals surface area contributed by atoms with E-state index in [0.29, 0.717) is 11.6 Å². The summed E-state index contributed by atoms with van der Waals surface area (Å²) in [5.41, 5.74) is 2.75. The van der Waals surface area contributed by atoms with Crippen LogP contribution in [0.1, 0.15) is 30.4 Å². The maximum Gasteiger partial charge on any atom is 0.249 e. The molecule has 1 aliphatic rings. The van der Waals surface area contributed by atoms with Gasteiger partial charge in [0.05, 0.1) is 18.2 Å². The molecular weight excluding hydrogens is 312 g/mol. The molecule has 4 nitrogen and oxygen atoms in total. The van der Waals surface area contributed by atoms with Gasteiger partial charge >= 0.3 is 0 Å². The van der Waals surface area contributed by atoms with Gasteiger partial charge in [-0.1, -0.05) is 35.9 Å². The van der Waals surface area contributed by atoms with Gasteiger partial charge in [-0.15, -0.1) is 0 Å². The predicted octanol–water partition coefficient (Wildman–Crippen LogP) is 3.79. The third kappa shape index (κ3) is 3.37. The Morgan fingerprint density at radius 2 is 1.83 bits per heavy atom. The van der Waals surface area contributed by atoms with E-state index in [1.54, 1.807) is 24.3 Å². The first-order valence-corrected chi connectivity index (χ1v) is 7.86. The number of nitrogens with zero attached hydrogens (tertiary/aromatic N) is 2. The number of carbonyl (C=O) groups excluding carboxylic acids is 1. The fraction of sp³-hybridized carbons (Fsp3) is 0.222. The molecule has 0 bridgehead atoms. The fourth-order valence-corrected chi connectivity index (χ4v) is 2.72. The summed E-state index contributed by atoms with van der Waals surface area (Å²) in [6, 6.07) is 14.2. The van der Waals surface area contributed by atoms with E-state index in [0.717, 1.165) is 23.3 Å². The summed E-state index contributed by atoms with van der Waals surface area (Å²) in [4.78, 5) is 12.6. The van der Waals surface area contributed by atoms with E-state index in [9.17, 15) is 9.90 Å². The summed E-state index contributed by atoms with van der Waals surface area (Å²) >= 11 is 5.90. The number of phenolic OH excluding ortho intramolecular Hbond substituents is 1. The summed E-state index contributed by atoms with van der Waals surface area (Å²) in [5, 5.41) is 16.0. The van der Waals surface area contributed by atoms with Gasteiger partial charge in [0.25, 0.3) is 0 Å². The lowest BCUT2D eigenvalue weighted by Crippen LogP contribution is -2.27. The number of aromatic hydroxyl groups is 1. The van der Waals surface area contributed by atoms with Crippen LogP contribution < -0.4 is 0 Å². The minimum atomic E-state index is -0.302. The van der Waals surface area contributed by atoms with Crippen LogP contribution in [-0.4, -0.2) is 28.3 Å². The Balaban J connectivity index is 1.75. The number of halogens is 1. The molecule has 23 heavy (non-hydrogen) atoms. The van der Waals surface area contributed by atoms with Crippen LogP contribution in [0.25, 0.3) is 0 Å². The second-order valence-electron chi connectivity index (χ2n) is 5.58. The smallest absolute Gasteiger partial charge is 0.249 e. The van der Waals surface area contributed by atoms with Crippen LogP contribution in [0.5, 0.6) is 5.75 Å². The van der Waals surface area contributed by atoms with Crippen molar-refractivity contribution in [2.45, 2.75) is 19.3 Å².